The molecule has 0 saturated heterocycles. The van der Waals surface area contributed by atoms with Crippen molar-refractivity contribution >= 4 is 6.29 Å². The van der Waals surface area contributed by atoms with Crippen LogP contribution in [0, 0.1) is 0 Å². The lowest BCUT2D eigenvalue weighted by atomic mass is 10.1. The van der Waals surface area contributed by atoms with E-state index in [-0.39, 0.29) is 0 Å². The molecular weight excluding hydrogens is 148 g/mol. The Bertz CT molecular complexity index is 209. The first kappa shape index (κ1) is 10.9. The normalized spacial score (nSPS) is 12.0. The van der Waals surface area contributed by atoms with Crippen molar-refractivity contribution in [3.8, 4) is 0 Å². The minimum absolute atomic E-state index is 0.510. The van der Waals surface area contributed by atoms with Crippen LogP contribution in [0.5, 0.6) is 0 Å². The van der Waals surface area contributed by atoms with Crippen molar-refractivity contribution in [1.29, 1.82) is 0 Å². The van der Waals surface area contributed by atoms with Crippen LogP contribution >= 0.6 is 0 Å². The smallest absolute Gasteiger partial charge is 0.149 e. The summed E-state index contributed by atoms with van der Waals surface area (Å²) in [7, 11) is 0. The summed E-state index contributed by atoms with van der Waals surface area (Å²) in [6.07, 6.45) is 8.61. The largest absolute Gasteiger partial charge is 0.298 e. The monoisotopic (exact) mass is 164 g/mol. The van der Waals surface area contributed by atoms with Gasteiger partial charge in [-0.2, -0.15) is 0 Å². The van der Waals surface area contributed by atoms with Gasteiger partial charge in [-0.3, -0.25) is 4.79 Å². The van der Waals surface area contributed by atoms with Gasteiger partial charge in [-0.25, -0.2) is 0 Å². The van der Waals surface area contributed by atoms with Crippen LogP contribution < -0.4 is 0 Å². The zero-order chi connectivity index (χ0) is 9.40. The van der Waals surface area contributed by atoms with Gasteiger partial charge in [-0.1, -0.05) is 43.7 Å². The molecule has 0 aromatic carbocycles. The molecule has 0 fully saturated rings. The molecule has 0 bridgehead atoms. The molecule has 66 valence electrons. The maximum atomic E-state index is 10.1. The molecule has 0 heterocycles. The van der Waals surface area contributed by atoms with Crippen LogP contribution in [0.3, 0.4) is 0 Å². The van der Waals surface area contributed by atoms with Crippen molar-refractivity contribution in [1.82, 2.24) is 0 Å². The summed E-state index contributed by atoms with van der Waals surface area (Å²) in [4.78, 5) is 10.1. The van der Waals surface area contributed by atoms with Crippen molar-refractivity contribution in [2.45, 2.75) is 26.7 Å². The summed E-state index contributed by atoms with van der Waals surface area (Å²) in [6, 6.07) is 0. The second-order valence-electron chi connectivity index (χ2n) is 2.81. The van der Waals surface area contributed by atoms with Crippen LogP contribution in [-0.2, 0) is 4.79 Å². The first-order valence-corrected chi connectivity index (χ1v) is 4.18. The Balaban J connectivity index is 3.93. The van der Waals surface area contributed by atoms with Crippen LogP contribution in [0.1, 0.15) is 26.7 Å². The van der Waals surface area contributed by atoms with Gasteiger partial charge in [0.05, 0.1) is 0 Å². The van der Waals surface area contributed by atoms with Gasteiger partial charge >= 0.3 is 0 Å². The van der Waals surface area contributed by atoms with Gasteiger partial charge in [0.15, 0.2) is 0 Å². The van der Waals surface area contributed by atoms with E-state index in [4.69, 9.17) is 0 Å². The molecule has 0 aromatic rings. The lowest BCUT2D eigenvalue weighted by molar-refractivity contribution is -0.104. The van der Waals surface area contributed by atoms with Gasteiger partial charge in [-0.05, 0) is 13.3 Å². The summed E-state index contributed by atoms with van der Waals surface area (Å²) < 4.78 is 0. The standard InChI is InChI=1S/C11H16O/c1-4-6-10(2)7-5-8-11(3)9-12/h5,7-9H,3-4,6H2,1-2H3/b8-5-,10-7-. The molecule has 0 spiro atoms. The highest BCUT2D eigenvalue weighted by Crippen LogP contribution is 2.02. The fourth-order valence-corrected chi connectivity index (χ4v) is 0.853. The van der Waals surface area contributed by atoms with Crippen molar-refractivity contribution < 1.29 is 4.79 Å². The molecule has 12 heavy (non-hydrogen) atoms. The van der Waals surface area contributed by atoms with E-state index in [2.05, 4.69) is 20.4 Å². The third kappa shape index (κ3) is 5.66. The Labute approximate surface area is 74.5 Å². The third-order valence-electron chi connectivity index (χ3n) is 1.49. The van der Waals surface area contributed by atoms with E-state index in [0.717, 1.165) is 19.1 Å². The second-order valence-corrected chi connectivity index (χ2v) is 2.81. The zero-order valence-electron chi connectivity index (χ0n) is 7.84. The highest BCUT2D eigenvalue weighted by molar-refractivity contribution is 5.76. The molecule has 0 unspecified atom stereocenters. The lowest BCUT2D eigenvalue weighted by Crippen LogP contribution is -1.75. The summed E-state index contributed by atoms with van der Waals surface area (Å²) in [5.41, 5.74) is 1.84. The van der Waals surface area contributed by atoms with Crippen LogP contribution in [0.15, 0.2) is 36.0 Å². The average molecular weight is 164 g/mol. The van der Waals surface area contributed by atoms with Gasteiger partial charge in [0.1, 0.15) is 6.29 Å². The molecule has 0 aliphatic heterocycles. The molecule has 0 aromatic heterocycles. The average Bonchev–Trinajstić information content (AvgIpc) is 2.04. The Morgan fingerprint density at radius 1 is 1.50 bits per heavy atom. The van der Waals surface area contributed by atoms with Gasteiger partial charge < -0.3 is 0 Å². The van der Waals surface area contributed by atoms with Gasteiger partial charge in [0.2, 0.25) is 0 Å². The molecule has 0 N–H and O–H groups in total. The van der Waals surface area contributed by atoms with Crippen molar-refractivity contribution in [2.75, 3.05) is 0 Å². The molecule has 0 atom stereocenters. The molecule has 0 rings (SSSR count). The molecule has 0 amide bonds. The Hall–Kier alpha value is -1.11. The van der Waals surface area contributed by atoms with Gasteiger partial charge in [0.25, 0.3) is 0 Å². The van der Waals surface area contributed by atoms with Crippen LogP contribution in [0.2, 0.25) is 0 Å². The number of allylic oxidation sites excluding steroid dienone is 5. The molecule has 0 aliphatic rings. The minimum Gasteiger partial charge on any atom is -0.298 e. The predicted octanol–water partition coefficient (Wildman–Crippen LogP) is 3.04. The molecule has 1 heteroatoms. The highest BCUT2D eigenvalue weighted by atomic mass is 16.1. The minimum atomic E-state index is 0.510. The van der Waals surface area contributed by atoms with E-state index >= 15 is 0 Å². The summed E-state index contributed by atoms with van der Waals surface area (Å²) in [5.74, 6) is 0. The van der Waals surface area contributed by atoms with E-state index in [1.165, 1.54) is 5.57 Å². The topological polar surface area (TPSA) is 17.1 Å². The maximum absolute atomic E-state index is 10.1. The van der Waals surface area contributed by atoms with Gasteiger partial charge in [-0.15, -0.1) is 0 Å². The number of hydrogen-bond donors (Lipinski definition) is 0. The summed E-state index contributed by atoms with van der Waals surface area (Å²) in [6.45, 7) is 7.76. The molecule has 0 radical (unpaired) electrons. The number of aldehydes is 1. The number of carbonyl (C=O) groups is 1. The Morgan fingerprint density at radius 3 is 2.67 bits per heavy atom. The SMILES string of the molecule is C=C(C=O)/C=C\C=C(\C)CCC. The van der Waals surface area contributed by atoms with E-state index in [1.807, 2.05) is 12.2 Å². The maximum Gasteiger partial charge on any atom is 0.149 e. The Morgan fingerprint density at radius 2 is 2.17 bits per heavy atom. The first-order chi connectivity index (χ1) is 5.70. The lowest BCUT2D eigenvalue weighted by Gasteiger charge is -1.92. The van der Waals surface area contributed by atoms with Crippen molar-refractivity contribution in [3.63, 3.8) is 0 Å². The second kappa shape index (κ2) is 6.59. The van der Waals surface area contributed by atoms with Crippen LogP contribution in [0.25, 0.3) is 0 Å². The van der Waals surface area contributed by atoms with E-state index < -0.39 is 0 Å². The quantitative estimate of drug-likeness (QED) is 0.347. The fourth-order valence-electron chi connectivity index (χ4n) is 0.853. The molecule has 0 saturated carbocycles. The van der Waals surface area contributed by atoms with E-state index in [1.54, 1.807) is 6.08 Å². The number of rotatable bonds is 5. The number of carbonyl (C=O) groups excluding carboxylic acids is 1. The predicted molar refractivity (Wildman–Crippen MR) is 53.0 cm³/mol. The first-order valence-electron chi connectivity index (χ1n) is 4.18. The molecule has 1 nitrogen and oxygen atoms in total. The highest BCUT2D eigenvalue weighted by Gasteiger charge is 1.83. The summed E-state index contributed by atoms with van der Waals surface area (Å²) >= 11 is 0. The summed E-state index contributed by atoms with van der Waals surface area (Å²) in [5, 5.41) is 0. The van der Waals surface area contributed by atoms with Crippen LogP contribution in [-0.4, -0.2) is 6.29 Å². The van der Waals surface area contributed by atoms with Crippen molar-refractivity contribution in [3.05, 3.63) is 36.0 Å². The Kier molecular flexibility index (Phi) is 5.98. The van der Waals surface area contributed by atoms with E-state index in [9.17, 15) is 4.79 Å². The van der Waals surface area contributed by atoms with Gasteiger partial charge in [0, 0.05) is 5.57 Å². The van der Waals surface area contributed by atoms with Crippen LogP contribution in [0.4, 0.5) is 0 Å². The zero-order valence-corrected chi connectivity index (χ0v) is 7.84. The van der Waals surface area contributed by atoms with Crippen molar-refractivity contribution in [2.24, 2.45) is 0 Å². The number of hydrogen-bond acceptors (Lipinski definition) is 1. The molecule has 0 aliphatic carbocycles. The van der Waals surface area contributed by atoms with E-state index in [0.29, 0.717) is 5.57 Å². The fraction of sp³-hybridized carbons (Fsp3) is 0.364. The third-order valence-corrected chi connectivity index (χ3v) is 1.49. The molecular formula is C11H16O.